The van der Waals surface area contributed by atoms with Crippen molar-refractivity contribution >= 4 is 17.5 Å². The molecule has 0 radical (unpaired) electrons. The highest BCUT2D eigenvalue weighted by Gasteiger charge is 2.39. The molecular weight excluding hydrogens is 310 g/mol. The summed E-state index contributed by atoms with van der Waals surface area (Å²) in [6.07, 6.45) is -0.309. The molecule has 7 heteroatoms. The van der Waals surface area contributed by atoms with Crippen LogP contribution < -0.4 is 4.90 Å². The van der Waals surface area contributed by atoms with E-state index in [2.05, 4.69) is 4.90 Å². The maximum Gasteiger partial charge on any atom is 0.410 e. The zero-order chi connectivity index (χ0) is 18.1. The SMILES string of the molecule is CC(C)(C)OC(=O)N1CCN(c2ccc([N+](=O)[O-])cc2)CC1(C)C. The van der Waals surface area contributed by atoms with Gasteiger partial charge in [-0.2, -0.15) is 0 Å². The summed E-state index contributed by atoms with van der Waals surface area (Å²) in [6.45, 7) is 11.4. The predicted molar refractivity (Wildman–Crippen MR) is 92.3 cm³/mol. The normalized spacial score (nSPS) is 17.5. The first-order valence-electron chi connectivity index (χ1n) is 8.00. The van der Waals surface area contributed by atoms with Gasteiger partial charge in [-0.05, 0) is 46.8 Å². The van der Waals surface area contributed by atoms with Gasteiger partial charge in [-0.1, -0.05) is 0 Å². The zero-order valence-electron chi connectivity index (χ0n) is 14.9. The first-order valence-corrected chi connectivity index (χ1v) is 8.00. The van der Waals surface area contributed by atoms with Crippen LogP contribution in [0, 0.1) is 10.1 Å². The molecule has 1 fully saturated rings. The van der Waals surface area contributed by atoms with E-state index >= 15 is 0 Å². The number of piperazine rings is 1. The fourth-order valence-corrected chi connectivity index (χ4v) is 2.82. The number of hydrogen-bond acceptors (Lipinski definition) is 5. The number of benzene rings is 1. The minimum absolute atomic E-state index is 0.0744. The molecule has 0 saturated carbocycles. The van der Waals surface area contributed by atoms with E-state index in [9.17, 15) is 14.9 Å². The van der Waals surface area contributed by atoms with Gasteiger partial charge in [-0.25, -0.2) is 4.79 Å². The second kappa shape index (κ2) is 6.30. The Kier molecular flexibility index (Phi) is 4.73. The number of nitro groups is 1. The summed E-state index contributed by atoms with van der Waals surface area (Å²) in [5, 5.41) is 10.8. The fraction of sp³-hybridized carbons (Fsp3) is 0.588. The van der Waals surface area contributed by atoms with Crippen LogP contribution in [0.4, 0.5) is 16.2 Å². The topological polar surface area (TPSA) is 75.9 Å². The average Bonchev–Trinajstić information content (AvgIpc) is 2.44. The molecule has 1 heterocycles. The van der Waals surface area contributed by atoms with Crippen LogP contribution >= 0.6 is 0 Å². The van der Waals surface area contributed by atoms with Crippen LogP contribution in [-0.4, -0.2) is 46.7 Å². The van der Waals surface area contributed by atoms with Gasteiger partial charge in [-0.15, -0.1) is 0 Å². The van der Waals surface area contributed by atoms with Crippen LogP contribution in [0.3, 0.4) is 0 Å². The second-order valence-corrected chi connectivity index (χ2v) is 7.64. The first kappa shape index (κ1) is 18.0. The molecule has 2 rings (SSSR count). The average molecular weight is 335 g/mol. The van der Waals surface area contributed by atoms with Crippen LogP contribution in [-0.2, 0) is 4.74 Å². The lowest BCUT2D eigenvalue weighted by Gasteiger charge is -2.47. The van der Waals surface area contributed by atoms with Crippen molar-refractivity contribution in [1.82, 2.24) is 4.90 Å². The molecule has 1 saturated heterocycles. The molecule has 1 aromatic rings. The van der Waals surface area contributed by atoms with Crippen LogP contribution in [0.2, 0.25) is 0 Å². The number of carbonyl (C=O) groups is 1. The van der Waals surface area contributed by atoms with Crippen molar-refractivity contribution in [3.8, 4) is 0 Å². The largest absolute Gasteiger partial charge is 0.444 e. The molecule has 0 atom stereocenters. The van der Waals surface area contributed by atoms with Gasteiger partial charge >= 0.3 is 6.09 Å². The first-order chi connectivity index (χ1) is 11.0. The third kappa shape index (κ3) is 4.15. The minimum Gasteiger partial charge on any atom is -0.444 e. The van der Waals surface area contributed by atoms with Crippen molar-refractivity contribution in [3.05, 3.63) is 34.4 Å². The minimum atomic E-state index is -0.525. The zero-order valence-corrected chi connectivity index (χ0v) is 14.9. The highest BCUT2D eigenvalue weighted by Crippen LogP contribution is 2.28. The van der Waals surface area contributed by atoms with Crippen molar-refractivity contribution in [2.75, 3.05) is 24.5 Å². The lowest BCUT2D eigenvalue weighted by Crippen LogP contribution is -2.61. The molecule has 0 aromatic heterocycles. The Morgan fingerprint density at radius 3 is 2.25 bits per heavy atom. The van der Waals surface area contributed by atoms with Gasteiger partial charge in [0.15, 0.2) is 0 Å². The van der Waals surface area contributed by atoms with Gasteiger partial charge in [-0.3, -0.25) is 15.0 Å². The molecule has 1 aromatic carbocycles. The molecule has 0 bridgehead atoms. The Bertz CT molecular complexity index is 620. The van der Waals surface area contributed by atoms with Crippen molar-refractivity contribution in [3.63, 3.8) is 0 Å². The second-order valence-electron chi connectivity index (χ2n) is 7.64. The van der Waals surface area contributed by atoms with Gasteiger partial charge in [0.25, 0.3) is 5.69 Å². The Hall–Kier alpha value is -2.31. The molecule has 0 unspecified atom stereocenters. The number of anilines is 1. The number of nitrogens with zero attached hydrogens (tertiary/aromatic N) is 3. The third-order valence-electron chi connectivity index (χ3n) is 3.94. The van der Waals surface area contributed by atoms with Crippen LogP contribution in [0.25, 0.3) is 0 Å². The molecule has 132 valence electrons. The third-order valence-corrected chi connectivity index (χ3v) is 3.94. The number of amides is 1. The van der Waals surface area contributed by atoms with E-state index < -0.39 is 16.1 Å². The van der Waals surface area contributed by atoms with Crippen LogP contribution in [0.1, 0.15) is 34.6 Å². The van der Waals surface area contributed by atoms with E-state index in [0.29, 0.717) is 19.6 Å². The van der Waals surface area contributed by atoms with Gasteiger partial charge in [0.05, 0.1) is 10.5 Å². The molecule has 7 nitrogen and oxygen atoms in total. The summed E-state index contributed by atoms with van der Waals surface area (Å²) in [6, 6.07) is 6.50. The van der Waals surface area contributed by atoms with Crippen LogP contribution in [0.15, 0.2) is 24.3 Å². The van der Waals surface area contributed by atoms with Crippen molar-refractivity contribution in [2.24, 2.45) is 0 Å². The Labute approximate surface area is 142 Å². The highest BCUT2D eigenvalue weighted by molar-refractivity contribution is 5.70. The summed E-state index contributed by atoms with van der Waals surface area (Å²) in [7, 11) is 0. The van der Waals surface area contributed by atoms with E-state index in [4.69, 9.17) is 4.74 Å². The van der Waals surface area contributed by atoms with E-state index in [-0.39, 0.29) is 11.8 Å². The van der Waals surface area contributed by atoms with Crippen molar-refractivity contribution in [1.29, 1.82) is 0 Å². The number of hydrogen-bond donors (Lipinski definition) is 0. The summed E-state index contributed by atoms with van der Waals surface area (Å²) in [5.41, 5.74) is 0.0632. The fourth-order valence-electron chi connectivity index (χ4n) is 2.82. The molecule has 1 aliphatic heterocycles. The molecular formula is C17H25N3O4. The van der Waals surface area contributed by atoms with Gasteiger partial charge in [0, 0.05) is 37.5 Å². The summed E-state index contributed by atoms with van der Waals surface area (Å²) < 4.78 is 5.49. The van der Waals surface area contributed by atoms with E-state index in [1.807, 2.05) is 34.6 Å². The lowest BCUT2D eigenvalue weighted by molar-refractivity contribution is -0.384. The molecule has 1 amide bonds. The van der Waals surface area contributed by atoms with E-state index in [0.717, 1.165) is 5.69 Å². The molecule has 1 aliphatic rings. The molecule has 0 aliphatic carbocycles. The summed E-state index contributed by atoms with van der Waals surface area (Å²) >= 11 is 0. The standard InChI is InChI=1S/C17H25N3O4/c1-16(2,3)24-15(21)19-11-10-18(12-17(19,4)5)13-6-8-14(9-7-13)20(22)23/h6-9H,10-12H2,1-5H3. The smallest absolute Gasteiger partial charge is 0.410 e. The maximum absolute atomic E-state index is 12.4. The Morgan fingerprint density at radius 2 is 1.79 bits per heavy atom. The summed E-state index contributed by atoms with van der Waals surface area (Å²) in [4.78, 5) is 26.6. The van der Waals surface area contributed by atoms with Crippen molar-refractivity contribution < 1.29 is 14.5 Å². The Balaban J connectivity index is 2.10. The highest BCUT2D eigenvalue weighted by atomic mass is 16.6. The quantitative estimate of drug-likeness (QED) is 0.611. The number of non-ortho nitro benzene ring substituents is 1. The van der Waals surface area contributed by atoms with E-state index in [1.165, 1.54) is 12.1 Å². The molecule has 0 spiro atoms. The maximum atomic E-state index is 12.4. The predicted octanol–water partition coefficient (Wildman–Crippen LogP) is 3.43. The van der Waals surface area contributed by atoms with Gasteiger partial charge < -0.3 is 9.64 Å². The Morgan fingerprint density at radius 1 is 1.21 bits per heavy atom. The van der Waals surface area contributed by atoms with Crippen LogP contribution in [0.5, 0.6) is 0 Å². The van der Waals surface area contributed by atoms with E-state index in [1.54, 1.807) is 17.0 Å². The monoisotopic (exact) mass is 335 g/mol. The summed E-state index contributed by atoms with van der Waals surface area (Å²) in [5.74, 6) is 0. The van der Waals surface area contributed by atoms with Crippen molar-refractivity contribution in [2.45, 2.75) is 45.8 Å². The lowest BCUT2D eigenvalue weighted by atomic mass is 9.99. The molecule has 0 N–H and O–H groups in total. The number of nitro benzene ring substituents is 1. The number of carbonyl (C=O) groups excluding carboxylic acids is 1. The number of ether oxygens (including phenoxy) is 1. The number of rotatable bonds is 2. The van der Waals surface area contributed by atoms with Gasteiger partial charge in [0.1, 0.15) is 5.60 Å². The molecule has 24 heavy (non-hydrogen) atoms. The van der Waals surface area contributed by atoms with Gasteiger partial charge in [0.2, 0.25) is 0 Å².